The number of tetrazole rings is 1. The number of carboxylic acid groups (broad SMARTS) is 1. The van der Waals surface area contributed by atoms with E-state index in [4.69, 9.17) is 21.4 Å². The molecule has 0 fully saturated rings. The Hall–Kier alpha value is -5.02. The normalized spacial score (nSPS) is 11.1. The van der Waals surface area contributed by atoms with Crippen LogP contribution in [0.2, 0.25) is 5.02 Å². The van der Waals surface area contributed by atoms with Gasteiger partial charge in [-0.1, -0.05) is 78.3 Å². The maximum absolute atomic E-state index is 10.9. The van der Waals surface area contributed by atoms with Gasteiger partial charge in [0, 0.05) is 11.1 Å². The van der Waals surface area contributed by atoms with Crippen LogP contribution in [-0.2, 0) is 11.3 Å². The van der Waals surface area contributed by atoms with Gasteiger partial charge in [0.2, 0.25) is 5.82 Å². The second-order valence-electron chi connectivity index (χ2n) is 8.50. The first kappa shape index (κ1) is 23.4. The molecular weight excluding hydrogens is 504 g/mol. The number of nitrogens with one attached hydrogen (secondary N) is 1. The molecule has 0 unspecified atom stereocenters. The number of hydrogen-bond donors (Lipinski definition) is 2. The molecule has 0 saturated carbocycles. The van der Waals surface area contributed by atoms with Crippen molar-refractivity contribution in [2.45, 2.75) is 6.54 Å². The Morgan fingerprint density at radius 3 is 2.42 bits per heavy atom. The van der Waals surface area contributed by atoms with Gasteiger partial charge in [-0.25, -0.2) is 0 Å². The predicted molar refractivity (Wildman–Crippen MR) is 143 cm³/mol. The van der Waals surface area contributed by atoms with Gasteiger partial charge < -0.3 is 14.8 Å². The summed E-state index contributed by atoms with van der Waals surface area (Å²) in [5, 5.41) is 21.3. The molecule has 0 aliphatic rings. The highest BCUT2D eigenvalue weighted by atomic mass is 35.5. The van der Waals surface area contributed by atoms with Crippen LogP contribution in [0.1, 0.15) is 0 Å². The molecule has 0 radical (unpaired) electrons. The van der Waals surface area contributed by atoms with Gasteiger partial charge in [0.15, 0.2) is 6.54 Å². The molecule has 4 aromatic carbocycles. The third kappa shape index (κ3) is 4.82. The zero-order valence-electron chi connectivity index (χ0n) is 19.7. The number of nitrogens with zero attached hydrogens (tertiary/aromatic N) is 5. The van der Waals surface area contributed by atoms with Gasteiger partial charge in [-0.3, -0.25) is 4.79 Å². The summed E-state index contributed by atoms with van der Waals surface area (Å²) in [5.74, 6) is -0.265. The van der Waals surface area contributed by atoms with Crippen molar-refractivity contribution < 1.29 is 14.6 Å². The first-order valence-corrected chi connectivity index (χ1v) is 12.0. The monoisotopic (exact) mass is 522 g/mol. The summed E-state index contributed by atoms with van der Waals surface area (Å²) in [7, 11) is 0. The van der Waals surface area contributed by atoms with Crippen molar-refractivity contribution in [2.75, 3.05) is 0 Å². The fraction of sp³-hybridized carbons (Fsp3) is 0.0357. The minimum atomic E-state index is -1.05. The van der Waals surface area contributed by atoms with Crippen LogP contribution in [0, 0.1) is 0 Å². The maximum Gasteiger partial charge on any atom is 0.327 e. The van der Waals surface area contributed by atoms with E-state index in [1.54, 1.807) is 24.3 Å². The third-order valence-electron chi connectivity index (χ3n) is 5.89. The second kappa shape index (κ2) is 9.79. The summed E-state index contributed by atoms with van der Waals surface area (Å²) < 4.78 is 5.96. The maximum atomic E-state index is 10.9. The molecule has 186 valence electrons. The second-order valence-corrected chi connectivity index (χ2v) is 8.91. The largest absolute Gasteiger partial charge is 0.480 e. The summed E-state index contributed by atoms with van der Waals surface area (Å²) in [6.45, 7) is -0.371. The number of aromatic nitrogens is 6. The molecule has 2 heterocycles. The number of aliphatic carboxylic acids is 1. The Morgan fingerprint density at radius 1 is 0.895 bits per heavy atom. The number of carbonyl (C=O) groups is 1. The summed E-state index contributed by atoms with van der Waals surface area (Å²) in [6, 6.07) is 29.6. The molecule has 6 rings (SSSR count). The number of rotatable bonds is 7. The highest BCUT2D eigenvalue weighted by molar-refractivity contribution is 6.34. The SMILES string of the molecule is O=C(O)Cn1nnc(-c2cccc(Oc3nc4cc(-c5ccc(-c6ccccc6)cc5)c(Cl)cc4[nH]3)c2)n1. The topological polar surface area (TPSA) is 119 Å². The molecule has 9 nitrogen and oxygen atoms in total. The number of benzene rings is 4. The Bertz CT molecular complexity index is 1760. The van der Waals surface area contributed by atoms with Gasteiger partial charge in [-0.05, 0) is 46.2 Å². The van der Waals surface area contributed by atoms with E-state index >= 15 is 0 Å². The van der Waals surface area contributed by atoms with Crippen molar-refractivity contribution in [1.29, 1.82) is 0 Å². The van der Waals surface area contributed by atoms with E-state index in [2.05, 4.69) is 49.6 Å². The number of hydrogen-bond acceptors (Lipinski definition) is 6. The Labute approximate surface area is 221 Å². The van der Waals surface area contributed by atoms with Gasteiger partial charge >= 0.3 is 5.97 Å². The van der Waals surface area contributed by atoms with Crippen LogP contribution in [0.15, 0.2) is 91.0 Å². The average molecular weight is 523 g/mol. The Kier molecular flexibility index (Phi) is 6.03. The minimum Gasteiger partial charge on any atom is -0.480 e. The van der Waals surface area contributed by atoms with E-state index < -0.39 is 5.97 Å². The van der Waals surface area contributed by atoms with Crippen LogP contribution in [0.3, 0.4) is 0 Å². The molecule has 0 saturated heterocycles. The van der Waals surface area contributed by atoms with Crippen molar-refractivity contribution in [3.05, 3.63) is 96.0 Å². The predicted octanol–water partition coefficient (Wildman–Crippen LogP) is 6.08. The fourth-order valence-corrected chi connectivity index (χ4v) is 4.38. The molecule has 6 aromatic rings. The van der Waals surface area contributed by atoms with Crippen LogP contribution in [0.25, 0.3) is 44.7 Å². The lowest BCUT2D eigenvalue weighted by Gasteiger charge is -2.07. The van der Waals surface area contributed by atoms with E-state index in [1.165, 1.54) is 0 Å². The molecule has 0 aliphatic heterocycles. The molecule has 38 heavy (non-hydrogen) atoms. The van der Waals surface area contributed by atoms with E-state index in [0.29, 0.717) is 27.9 Å². The molecule has 0 spiro atoms. The fourth-order valence-electron chi connectivity index (χ4n) is 4.11. The lowest BCUT2D eigenvalue weighted by Crippen LogP contribution is -2.11. The number of carboxylic acids is 1. The average Bonchev–Trinajstić information content (AvgIpc) is 3.55. The number of aromatic amines is 1. The number of fused-ring (bicyclic) bond motifs is 1. The van der Waals surface area contributed by atoms with Gasteiger partial charge in [0.05, 0.1) is 16.1 Å². The molecule has 0 bridgehead atoms. The smallest absolute Gasteiger partial charge is 0.327 e. The zero-order valence-corrected chi connectivity index (χ0v) is 20.5. The van der Waals surface area contributed by atoms with Crippen LogP contribution in [0.4, 0.5) is 0 Å². The Balaban J connectivity index is 1.24. The lowest BCUT2D eigenvalue weighted by molar-refractivity contribution is -0.138. The standard InChI is InChI=1S/C28H19ClN6O3/c29-23-15-25-24(14-22(23)19-11-9-18(10-12-19)17-5-2-1-3-6-17)30-28(31-25)38-21-8-4-7-20(13-21)27-32-34-35(33-27)16-26(36)37/h1-15H,16H2,(H,30,31)(H,36,37). The van der Waals surface area contributed by atoms with E-state index in [9.17, 15) is 4.79 Å². The molecule has 0 aliphatic carbocycles. The van der Waals surface area contributed by atoms with E-state index in [1.807, 2.05) is 42.5 Å². The number of ether oxygens (including phenoxy) is 1. The number of halogens is 1. The molecular formula is C28H19ClN6O3. The molecule has 2 N–H and O–H groups in total. The molecule has 0 atom stereocenters. The number of imidazole rings is 1. The summed E-state index contributed by atoms with van der Waals surface area (Å²) >= 11 is 6.64. The minimum absolute atomic E-state index is 0.288. The summed E-state index contributed by atoms with van der Waals surface area (Å²) in [5.41, 5.74) is 6.21. The zero-order chi connectivity index (χ0) is 26.1. The summed E-state index contributed by atoms with van der Waals surface area (Å²) in [6.07, 6.45) is 0. The van der Waals surface area contributed by atoms with Gasteiger partial charge in [0.1, 0.15) is 5.75 Å². The van der Waals surface area contributed by atoms with E-state index in [-0.39, 0.29) is 12.4 Å². The van der Waals surface area contributed by atoms with Crippen molar-refractivity contribution in [1.82, 2.24) is 30.2 Å². The van der Waals surface area contributed by atoms with Crippen LogP contribution >= 0.6 is 11.6 Å². The van der Waals surface area contributed by atoms with Crippen molar-refractivity contribution in [3.63, 3.8) is 0 Å². The van der Waals surface area contributed by atoms with Crippen molar-refractivity contribution in [3.8, 4) is 45.4 Å². The van der Waals surface area contributed by atoms with Gasteiger partial charge in [0.25, 0.3) is 6.01 Å². The van der Waals surface area contributed by atoms with Crippen molar-refractivity contribution in [2.24, 2.45) is 0 Å². The van der Waals surface area contributed by atoms with Crippen LogP contribution in [0.5, 0.6) is 11.8 Å². The first-order chi connectivity index (χ1) is 18.5. The molecule has 0 amide bonds. The van der Waals surface area contributed by atoms with Gasteiger partial charge in [-0.2, -0.15) is 9.78 Å². The Morgan fingerprint density at radius 2 is 1.63 bits per heavy atom. The highest BCUT2D eigenvalue weighted by Crippen LogP contribution is 2.34. The molecule has 10 heteroatoms. The van der Waals surface area contributed by atoms with Crippen LogP contribution < -0.4 is 4.74 Å². The first-order valence-electron chi connectivity index (χ1n) is 11.6. The number of H-pyrrole nitrogens is 1. The van der Waals surface area contributed by atoms with Crippen molar-refractivity contribution >= 4 is 28.6 Å². The van der Waals surface area contributed by atoms with Gasteiger partial charge in [-0.15, -0.1) is 10.2 Å². The van der Waals surface area contributed by atoms with Crippen LogP contribution in [-0.4, -0.2) is 41.3 Å². The third-order valence-corrected chi connectivity index (χ3v) is 6.20. The highest BCUT2D eigenvalue weighted by Gasteiger charge is 2.13. The quantitative estimate of drug-likeness (QED) is 0.261. The molecule has 2 aromatic heterocycles. The summed E-state index contributed by atoms with van der Waals surface area (Å²) in [4.78, 5) is 19.6. The lowest BCUT2D eigenvalue weighted by atomic mass is 10.00. The van der Waals surface area contributed by atoms with E-state index in [0.717, 1.165) is 32.6 Å².